The van der Waals surface area contributed by atoms with Crippen LogP contribution in [0.25, 0.3) is 0 Å². The summed E-state index contributed by atoms with van der Waals surface area (Å²) in [5.74, 6) is 0.779. The number of amides is 1. The van der Waals surface area contributed by atoms with E-state index < -0.39 is 0 Å². The molecule has 0 spiro atoms. The van der Waals surface area contributed by atoms with E-state index in [4.69, 9.17) is 0 Å². The van der Waals surface area contributed by atoms with Crippen LogP contribution in [0.15, 0.2) is 47.3 Å². The van der Waals surface area contributed by atoms with Crippen molar-refractivity contribution in [3.63, 3.8) is 0 Å². The van der Waals surface area contributed by atoms with Crippen LogP contribution in [0.2, 0.25) is 0 Å². The van der Waals surface area contributed by atoms with Gasteiger partial charge < -0.3 is 5.32 Å². The first-order chi connectivity index (χ1) is 12.3. The molecule has 4 rings (SSSR count). The maximum atomic E-state index is 12.5. The standard InChI is InChI=1S/C18H20N4OS2/c23-18(13-21-9-1-5-15(21)16-6-3-11-25-16)20-17-7-8-19-22(17)12-14-4-2-10-24-14/h2-4,6-8,10-11,15H,1,5,9,12-13H2,(H,20,23). The highest BCUT2D eigenvalue weighted by molar-refractivity contribution is 7.10. The number of carbonyl (C=O) groups is 1. The van der Waals surface area contributed by atoms with Crippen LogP contribution in [0.4, 0.5) is 5.82 Å². The van der Waals surface area contributed by atoms with E-state index in [2.05, 4.69) is 44.3 Å². The molecule has 5 nitrogen and oxygen atoms in total. The predicted octanol–water partition coefficient (Wildman–Crippen LogP) is 3.83. The molecule has 3 aromatic heterocycles. The van der Waals surface area contributed by atoms with Gasteiger partial charge in [-0.1, -0.05) is 12.1 Å². The molecule has 130 valence electrons. The third kappa shape index (κ3) is 3.84. The number of rotatable bonds is 6. The first-order valence-electron chi connectivity index (χ1n) is 8.41. The molecule has 0 bridgehead atoms. The van der Waals surface area contributed by atoms with E-state index in [1.807, 2.05) is 16.8 Å². The number of anilines is 1. The summed E-state index contributed by atoms with van der Waals surface area (Å²) < 4.78 is 1.84. The van der Waals surface area contributed by atoms with E-state index in [0.29, 0.717) is 19.1 Å². The molecule has 1 N–H and O–H groups in total. The molecule has 1 atom stereocenters. The van der Waals surface area contributed by atoms with Crippen molar-refractivity contribution in [2.24, 2.45) is 0 Å². The van der Waals surface area contributed by atoms with E-state index >= 15 is 0 Å². The second kappa shape index (κ2) is 7.51. The zero-order chi connectivity index (χ0) is 17.1. The fraction of sp³-hybridized carbons (Fsp3) is 0.333. The number of likely N-dealkylation sites (tertiary alicyclic amines) is 1. The second-order valence-corrected chi connectivity index (χ2v) is 8.16. The van der Waals surface area contributed by atoms with Gasteiger partial charge in [0.05, 0.1) is 19.3 Å². The van der Waals surface area contributed by atoms with Crippen molar-refractivity contribution in [3.8, 4) is 0 Å². The summed E-state index contributed by atoms with van der Waals surface area (Å²) in [6.07, 6.45) is 4.00. The molecule has 1 aliphatic heterocycles. The SMILES string of the molecule is O=C(CN1CCCC1c1cccs1)Nc1ccnn1Cc1cccs1. The maximum Gasteiger partial charge on any atom is 0.239 e. The Morgan fingerprint density at radius 2 is 2.12 bits per heavy atom. The van der Waals surface area contributed by atoms with Crippen LogP contribution in [0.1, 0.15) is 28.6 Å². The summed E-state index contributed by atoms with van der Waals surface area (Å²) in [6, 6.07) is 10.6. The van der Waals surface area contributed by atoms with Gasteiger partial charge in [0, 0.05) is 21.9 Å². The number of nitrogens with one attached hydrogen (secondary N) is 1. The Bertz CT molecular complexity index is 810. The Morgan fingerprint density at radius 1 is 1.24 bits per heavy atom. The summed E-state index contributed by atoms with van der Waals surface area (Å²) in [5.41, 5.74) is 0. The lowest BCUT2D eigenvalue weighted by atomic mass is 10.2. The fourth-order valence-corrected chi connectivity index (χ4v) is 4.88. The Labute approximate surface area is 154 Å². The molecular formula is C18H20N4OS2. The number of nitrogens with zero attached hydrogens (tertiary/aromatic N) is 3. The van der Waals surface area contributed by atoms with Gasteiger partial charge in [0.1, 0.15) is 5.82 Å². The minimum absolute atomic E-state index is 0.0244. The molecule has 1 amide bonds. The third-order valence-corrected chi connectivity index (χ3v) is 6.29. The Balaban J connectivity index is 1.39. The second-order valence-electron chi connectivity index (χ2n) is 6.15. The predicted molar refractivity (Wildman–Crippen MR) is 102 cm³/mol. The molecule has 1 fully saturated rings. The Kier molecular flexibility index (Phi) is 4.96. The van der Waals surface area contributed by atoms with E-state index in [1.165, 1.54) is 9.75 Å². The fourth-order valence-electron chi connectivity index (χ4n) is 3.30. The lowest BCUT2D eigenvalue weighted by molar-refractivity contribution is -0.117. The van der Waals surface area contributed by atoms with Crippen molar-refractivity contribution in [3.05, 3.63) is 57.0 Å². The van der Waals surface area contributed by atoms with Gasteiger partial charge in [-0.15, -0.1) is 22.7 Å². The monoisotopic (exact) mass is 372 g/mol. The lowest BCUT2D eigenvalue weighted by Gasteiger charge is -2.22. The van der Waals surface area contributed by atoms with Gasteiger partial charge >= 0.3 is 0 Å². The largest absolute Gasteiger partial charge is 0.310 e. The number of thiophene rings is 2. The highest BCUT2D eigenvalue weighted by Crippen LogP contribution is 2.34. The molecular weight excluding hydrogens is 352 g/mol. The highest BCUT2D eigenvalue weighted by Gasteiger charge is 2.28. The minimum atomic E-state index is 0.0244. The number of hydrogen-bond acceptors (Lipinski definition) is 5. The topological polar surface area (TPSA) is 50.2 Å². The van der Waals surface area contributed by atoms with Crippen LogP contribution in [0, 0.1) is 0 Å². The van der Waals surface area contributed by atoms with E-state index in [1.54, 1.807) is 28.9 Å². The minimum Gasteiger partial charge on any atom is -0.310 e. The average Bonchev–Trinajstić information content (AvgIpc) is 3.35. The molecule has 1 unspecified atom stereocenters. The van der Waals surface area contributed by atoms with Crippen molar-refractivity contribution in [1.29, 1.82) is 0 Å². The number of aromatic nitrogens is 2. The van der Waals surface area contributed by atoms with Crippen molar-refractivity contribution in [2.75, 3.05) is 18.4 Å². The van der Waals surface area contributed by atoms with Crippen LogP contribution < -0.4 is 5.32 Å². The van der Waals surface area contributed by atoms with E-state index in [0.717, 1.165) is 25.2 Å². The lowest BCUT2D eigenvalue weighted by Crippen LogP contribution is -2.33. The van der Waals surface area contributed by atoms with E-state index in [-0.39, 0.29) is 5.91 Å². The molecule has 0 aliphatic carbocycles. The highest BCUT2D eigenvalue weighted by atomic mass is 32.1. The maximum absolute atomic E-state index is 12.5. The molecule has 4 heterocycles. The molecule has 3 aromatic rings. The number of carbonyl (C=O) groups excluding carboxylic acids is 1. The summed E-state index contributed by atoms with van der Waals surface area (Å²) in [6.45, 7) is 2.08. The van der Waals surface area contributed by atoms with Gasteiger partial charge in [-0.25, -0.2) is 4.68 Å². The van der Waals surface area contributed by atoms with Crippen molar-refractivity contribution in [2.45, 2.75) is 25.4 Å². The average molecular weight is 373 g/mol. The quantitative estimate of drug-likeness (QED) is 0.715. The van der Waals surface area contributed by atoms with Crippen LogP contribution in [-0.2, 0) is 11.3 Å². The van der Waals surface area contributed by atoms with Gasteiger partial charge in [-0.05, 0) is 42.3 Å². The van der Waals surface area contributed by atoms with Gasteiger partial charge in [0.15, 0.2) is 0 Å². The van der Waals surface area contributed by atoms with Crippen LogP contribution in [0.3, 0.4) is 0 Å². The van der Waals surface area contributed by atoms with Gasteiger partial charge in [0.25, 0.3) is 0 Å². The normalized spacial score (nSPS) is 17.8. The molecule has 0 saturated carbocycles. The Hall–Kier alpha value is -1.96. The summed E-state index contributed by atoms with van der Waals surface area (Å²) in [7, 11) is 0. The van der Waals surface area contributed by atoms with Crippen LogP contribution >= 0.6 is 22.7 Å². The zero-order valence-corrected chi connectivity index (χ0v) is 15.4. The summed E-state index contributed by atoms with van der Waals surface area (Å²) in [5, 5.41) is 11.5. The van der Waals surface area contributed by atoms with E-state index in [9.17, 15) is 4.79 Å². The molecule has 25 heavy (non-hydrogen) atoms. The molecule has 1 saturated heterocycles. The first-order valence-corrected chi connectivity index (χ1v) is 10.2. The number of hydrogen-bond donors (Lipinski definition) is 1. The first kappa shape index (κ1) is 16.5. The van der Waals surface area contributed by atoms with Crippen molar-refractivity contribution < 1.29 is 4.79 Å². The van der Waals surface area contributed by atoms with Gasteiger partial charge in [-0.2, -0.15) is 5.10 Å². The summed E-state index contributed by atoms with van der Waals surface area (Å²) in [4.78, 5) is 17.4. The summed E-state index contributed by atoms with van der Waals surface area (Å²) >= 11 is 3.47. The van der Waals surface area contributed by atoms with Gasteiger partial charge in [0.2, 0.25) is 5.91 Å². The van der Waals surface area contributed by atoms with Crippen LogP contribution in [0.5, 0.6) is 0 Å². The molecule has 0 radical (unpaired) electrons. The molecule has 0 aromatic carbocycles. The van der Waals surface area contributed by atoms with Gasteiger partial charge in [-0.3, -0.25) is 9.69 Å². The molecule has 7 heteroatoms. The smallest absolute Gasteiger partial charge is 0.239 e. The van der Waals surface area contributed by atoms with Crippen LogP contribution in [-0.4, -0.2) is 33.7 Å². The zero-order valence-electron chi connectivity index (χ0n) is 13.8. The van der Waals surface area contributed by atoms with Crippen molar-refractivity contribution >= 4 is 34.4 Å². The van der Waals surface area contributed by atoms with Crippen molar-refractivity contribution in [1.82, 2.24) is 14.7 Å². The Morgan fingerprint density at radius 3 is 2.92 bits per heavy atom. The third-order valence-electron chi connectivity index (χ3n) is 4.45. The molecule has 1 aliphatic rings.